The van der Waals surface area contributed by atoms with Crippen molar-refractivity contribution in [3.8, 4) is 5.75 Å². The van der Waals surface area contributed by atoms with Crippen molar-refractivity contribution in [2.45, 2.75) is 81.8 Å². The molecule has 6 unspecified atom stereocenters. The van der Waals surface area contributed by atoms with Gasteiger partial charge in [0.25, 0.3) is 0 Å². The Balaban J connectivity index is 1.69. The van der Waals surface area contributed by atoms with Crippen molar-refractivity contribution >= 4 is 0 Å². The van der Waals surface area contributed by atoms with Crippen molar-refractivity contribution in [1.29, 1.82) is 0 Å². The molecule has 0 amide bonds. The minimum Gasteiger partial charge on any atom is -0.507 e. The summed E-state index contributed by atoms with van der Waals surface area (Å²) in [4.78, 5) is 0. The smallest absolute Gasteiger partial charge is 0.124 e. The topological polar surface area (TPSA) is 120 Å². The monoisotopic (exact) mass is 408 g/mol. The fraction of sp³-hybridized carbons (Fsp3) is 0.636. The zero-order valence-electron chi connectivity index (χ0n) is 16.8. The number of aliphatic hydroxyl groups is 4. The molecule has 0 saturated carbocycles. The number of para-hydroxylation sites is 1. The van der Waals surface area contributed by atoms with E-state index >= 15 is 0 Å². The molecule has 2 saturated heterocycles. The molecule has 7 heteroatoms. The summed E-state index contributed by atoms with van der Waals surface area (Å²) in [5.74, 6) is 0.0532. The Morgan fingerprint density at radius 3 is 2.59 bits per heavy atom. The van der Waals surface area contributed by atoms with E-state index in [1.54, 1.807) is 18.2 Å². The van der Waals surface area contributed by atoms with Crippen molar-refractivity contribution < 1.29 is 35.0 Å². The number of hydrogen-bond donors (Lipinski definition) is 5. The zero-order valence-corrected chi connectivity index (χ0v) is 16.8. The Morgan fingerprint density at radius 2 is 1.86 bits per heavy atom. The molecular weight excluding hydrogens is 376 g/mol. The van der Waals surface area contributed by atoms with Crippen molar-refractivity contribution in [3.63, 3.8) is 0 Å². The van der Waals surface area contributed by atoms with Crippen LogP contribution in [0.1, 0.15) is 49.8 Å². The minimum atomic E-state index is -1.16. The molecular formula is C22H32O7. The van der Waals surface area contributed by atoms with Gasteiger partial charge in [0.05, 0.1) is 37.1 Å². The largest absolute Gasteiger partial charge is 0.507 e. The molecule has 2 heterocycles. The van der Waals surface area contributed by atoms with Crippen LogP contribution < -0.4 is 0 Å². The lowest BCUT2D eigenvalue weighted by Gasteiger charge is -2.37. The van der Waals surface area contributed by atoms with Crippen LogP contribution in [-0.2, 0) is 15.9 Å². The van der Waals surface area contributed by atoms with E-state index in [0.717, 1.165) is 12.0 Å². The predicted molar refractivity (Wildman–Crippen MR) is 106 cm³/mol. The molecule has 0 aromatic heterocycles. The molecule has 0 radical (unpaired) electrons. The number of hydrogen-bond acceptors (Lipinski definition) is 7. The highest BCUT2D eigenvalue weighted by Crippen LogP contribution is 2.38. The summed E-state index contributed by atoms with van der Waals surface area (Å²) in [6.07, 6.45) is -1.86. The van der Waals surface area contributed by atoms with Gasteiger partial charge in [-0.3, -0.25) is 0 Å². The summed E-state index contributed by atoms with van der Waals surface area (Å²) in [7, 11) is 0. The van der Waals surface area contributed by atoms with Gasteiger partial charge in [-0.2, -0.15) is 0 Å². The fourth-order valence-corrected chi connectivity index (χ4v) is 4.18. The second kappa shape index (κ2) is 9.55. The summed E-state index contributed by atoms with van der Waals surface area (Å²) in [6, 6.07) is 5.30. The van der Waals surface area contributed by atoms with Gasteiger partial charge >= 0.3 is 0 Å². The summed E-state index contributed by atoms with van der Waals surface area (Å²) in [5, 5.41) is 50.3. The number of aliphatic hydroxyl groups excluding tert-OH is 4. The lowest BCUT2D eigenvalue weighted by Crippen LogP contribution is -2.47. The number of aromatic hydroxyl groups is 1. The van der Waals surface area contributed by atoms with E-state index in [4.69, 9.17) is 9.47 Å². The third-order valence-corrected chi connectivity index (χ3v) is 5.88. The first-order valence-electron chi connectivity index (χ1n) is 10.2. The average Bonchev–Trinajstić information content (AvgIpc) is 2.68. The van der Waals surface area contributed by atoms with E-state index in [9.17, 15) is 25.5 Å². The molecule has 1 aromatic rings. The molecule has 7 nitrogen and oxygen atoms in total. The second-order valence-electron chi connectivity index (χ2n) is 8.26. The Bertz CT molecular complexity index is 706. The lowest BCUT2D eigenvalue weighted by atomic mass is 9.90. The fourth-order valence-electron chi connectivity index (χ4n) is 4.18. The molecule has 162 valence electrons. The Hall–Kier alpha value is -1.48. The first-order chi connectivity index (χ1) is 13.8. The molecule has 2 fully saturated rings. The highest BCUT2D eigenvalue weighted by molar-refractivity contribution is 5.43. The predicted octanol–water partition coefficient (Wildman–Crippen LogP) is 1.35. The van der Waals surface area contributed by atoms with Crippen LogP contribution in [0.4, 0.5) is 0 Å². The molecule has 1 aromatic carbocycles. The standard InChI is InChI=1S/C22H32O7/c1-12(9-19-16(24)7-6-13(2)28-19)8-14-4-3-5-15(21(14)26)18-10-17(25)22(27)20(11-23)29-18/h3-5,13,16-20,22-27H,1,6-11H2,2H3/t13-,16?,17?,18?,19?,20?,22?/m0/s1. The normalized spacial score (nSPS) is 35.4. The van der Waals surface area contributed by atoms with Gasteiger partial charge in [0, 0.05) is 12.0 Å². The maximum atomic E-state index is 10.8. The Kier molecular flexibility index (Phi) is 7.32. The lowest BCUT2D eigenvalue weighted by molar-refractivity contribution is -0.181. The third kappa shape index (κ3) is 5.17. The van der Waals surface area contributed by atoms with Gasteiger partial charge < -0.3 is 35.0 Å². The van der Waals surface area contributed by atoms with E-state index in [-0.39, 0.29) is 24.4 Å². The van der Waals surface area contributed by atoms with Crippen LogP contribution in [0.25, 0.3) is 0 Å². The first-order valence-corrected chi connectivity index (χ1v) is 10.2. The summed E-state index contributed by atoms with van der Waals surface area (Å²) in [6.45, 7) is 5.66. The van der Waals surface area contributed by atoms with Crippen molar-refractivity contribution in [2.24, 2.45) is 0 Å². The summed E-state index contributed by atoms with van der Waals surface area (Å²) in [5.41, 5.74) is 2.00. The summed E-state index contributed by atoms with van der Waals surface area (Å²) >= 11 is 0. The maximum Gasteiger partial charge on any atom is 0.124 e. The van der Waals surface area contributed by atoms with Crippen LogP contribution in [0.2, 0.25) is 0 Å². The van der Waals surface area contributed by atoms with E-state index in [1.165, 1.54) is 0 Å². The third-order valence-electron chi connectivity index (χ3n) is 5.88. The van der Waals surface area contributed by atoms with Gasteiger partial charge in [-0.05, 0) is 38.2 Å². The maximum absolute atomic E-state index is 10.8. The van der Waals surface area contributed by atoms with Gasteiger partial charge in [-0.1, -0.05) is 30.4 Å². The minimum absolute atomic E-state index is 0.0532. The van der Waals surface area contributed by atoms with Gasteiger partial charge in [-0.25, -0.2) is 0 Å². The molecule has 7 atom stereocenters. The van der Waals surface area contributed by atoms with Crippen molar-refractivity contribution in [1.82, 2.24) is 0 Å². The van der Waals surface area contributed by atoms with Crippen LogP contribution >= 0.6 is 0 Å². The van der Waals surface area contributed by atoms with Gasteiger partial charge in [0.2, 0.25) is 0 Å². The van der Waals surface area contributed by atoms with Gasteiger partial charge in [0.1, 0.15) is 18.0 Å². The van der Waals surface area contributed by atoms with E-state index in [1.807, 2.05) is 6.92 Å². The van der Waals surface area contributed by atoms with Crippen LogP contribution in [0.3, 0.4) is 0 Å². The van der Waals surface area contributed by atoms with Crippen LogP contribution in [0.15, 0.2) is 30.4 Å². The first kappa shape index (κ1) is 22.2. The number of phenols is 1. The average molecular weight is 408 g/mol. The zero-order chi connectivity index (χ0) is 21.1. The molecule has 2 aliphatic rings. The van der Waals surface area contributed by atoms with Gasteiger partial charge in [-0.15, -0.1) is 0 Å². The number of rotatable bonds is 6. The number of ether oxygens (including phenoxy) is 2. The van der Waals surface area contributed by atoms with E-state index < -0.39 is 37.1 Å². The van der Waals surface area contributed by atoms with Gasteiger partial charge in [0.15, 0.2) is 0 Å². The van der Waals surface area contributed by atoms with Crippen LogP contribution in [0, 0.1) is 0 Å². The molecule has 0 spiro atoms. The highest BCUT2D eigenvalue weighted by atomic mass is 16.5. The van der Waals surface area contributed by atoms with Crippen molar-refractivity contribution in [3.05, 3.63) is 41.5 Å². The second-order valence-corrected chi connectivity index (χ2v) is 8.26. The molecule has 5 N–H and O–H groups in total. The quantitative estimate of drug-likeness (QED) is 0.451. The van der Waals surface area contributed by atoms with Crippen LogP contribution in [0.5, 0.6) is 5.75 Å². The number of benzene rings is 1. The number of phenolic OH excluding ortho intramolecular Hbond substituents is 1. The van der Waals surface area contributed by atoms with E-state index in [2.05, 4.69) is 6.58 Å². The van der Waals surface area contributed by atoms with Crippen LogP contribution in [-0.4, -0.2) is 68.8 Å². The van der Waals surface area contributed by atoms with E-state index in [0.29, 0.717) is 30.4 Å². The summed E-state index contributed by atoms with van der Waals surface area (Å²) < 4.78 is 11.5. The molecule has 2 aliphatic heterocycles. The SMILES string of the molecule is C=C(Cc1cccc(C2CC(O)C(O)C(CO)O2)c1O)CC1O[C@@H](C)CCC1O. The Morgan fingerprint density at radius 1 is 1.10 bits per heavy atom. The molecule has 3 rings (SSSR count). The molecule has 0 bridgehead atoms. The Labute approximate surface area is 171 Å². The molecule has 29 heavy (non-hydrogen) atoms. The highest BCUT2D eigenvalue weighted by Gasteiger charge is 2.38. The van der Waals surface area contributed by atoms with Crippen molar-refractivity contribution in [2.75, 3.05) is 6.61 Å². The molecule has 0 aliphatic carbocycles.